The molecule has 2 aliphatic rings. The fourth-order valence-electron chi connectivity index (χ4n) is 4.96. The predicted molar refractivity (Wildman–Crippen MR) is 141 cm³/mol. The summed E-state index contributed by atoms with van der Waals surface area (Å²) in [5, 5.41) is 2.82. The number of benzene rings is 2. The van der Waals surface area contributed by atoms with Crippen LogP contribution in [0.1, 0.15) is 40.2 Å². The fourth-order valence-corrected chi connectivity index (χ4v) is 4.96. The van der Waals surface area contributed by atoms with Crippen LogP contribution in [0.3, 0.4) is 0 Å². The van der Waals surface area contributed by atoms with Crippen molar-refractivity contribution in [2.75, 3.05) is 18.6 Å². The molecule has 2 atom stereocenters. The summed E-state index contributed by atoms with van der Waals surface area (Å²) < 4.78 is 36.3. The van der Waals surface area contributed by atoms with Crippen LogP contribution in [-0.4, -0.2) is 42.7 Å². The van der Waals surface area contributed by atoms with Crippen LogP contribution in [0.5, 0.6) is 11.5 Å². The second-order valence-electron chi connectivity index (χ2n) is 9.93. The van der Waals surface area contributed by atoms with Crippen LogP contribution in [0.25, 0.3) is 0 Å². The average Bonchev–Trinajstić information content (AvgIpc) is 3.69. The molecule has 1 aromatic heterocycles. The lowest BCUT2D eigenvalue weighted by Crippen LogP contribution is -2.44. The van der Waals surface area contributed by atoms with E-state index < -0.39 is 30.4 Å². The minimum atomic E-state index is -2.98. The Balaban J connectivity index is 1.46. The Kier molecular flexibility index (Phi) is 7.36. The van der Waals surface area contributed by atoms with Gasteiger partial charge in [0, 0.05) is 30.8 Å². The van der Waals surface area contributed by atoms with Crippen LogP contribution in [0.2, 0.25) is 0 Å². The number of anilines is 1. The van der Waals surface area contributed by atoms with Crippen molar-refractivity contribution in [3.63, 3.8) is 0 Å². The van der Waals surface area contributed by atoms with Crippen LogP contribution < -0.4 is 25.2 Å². The molecule has 2 fully saturated rings. The standard InChI is InChI=1S/C29H29F2N3O5/c1-17-13-14-33(15-18-3-4-18)28(37)25(17)34-16-23(19-5-9-21(38-2)10-6-19)24(27(34)36)32-26(35)20-7-11-22(12-8-20)39-29(30)31/h5-14,18,23-24,29H,3-4,15-16H2,1-2H3,(H,32,35)/t23-,24?/m0/s1. The van der Waals surface area contributed by atoms with Gasteiger partial charge in [-0.05, 0) is 79.3 Å². The third-order valence-corrected chi connectivity index (χ3v) is 7.25. The van der Waals surface area contributed by atoms with Crippen molar-refractivity contribution in [1.82, 2.24) is 9.88 Å². The van der Waals surface area contributed by atoms with Gasteiger partial charge in [0.2, 0.25) is 5.91 Å². The van der Waals surface area contributed by atoms with Gasteiger partial charge in [0.25, 0.3) is 11.5 Å². The minimum absolute atomic E-state index is 0.0807. The van der Waals surface area contributed by atoms with Gasteiger partial charge >= 0.3 is 6.61 Å². The number of rotatable bonds is 9. The number of methoxy groups -OCH3 is 1. The van der Waals surface area contributed by atoms with E-state index in [0.29, 0.717) is 29.5 Å². The van der Waals surface area contributed by atoms with E-state index in [1.165, 1.54) is 29.2 Å². The number of aromatic nitrogens is 1. The summed E-state index contributed by atoms with van der Waals surface area (Å²) in [4.78, 5) is 41.9. The first-order valence-electron chi connectivity index (χ1n) is 12.8. The molecule has 0 radical (unpaired) electrons. The molecular weight excluding hydrogens is 508 g/mol. The SMILES string of the molecule is COc1ccc([C@@H]2CN(c3c(C)ccn(CC4CC4)c3=O)C(=O)C2NC(=O)c2ccc(OC(F)F)cc2)cc1. The van der Waals surface area contributed by atoms with E-state index in [2.05, 4.69) is 10.1 Å². The van der Waals surface area contributed by atoms with E-state index in [0.717, 1.165) is 18.4 Å². The molecule has 1 aliphatic heterocycles. The van der Waals surface area contributed by atoms with E-state index in [-0.39, 0.29) is 23.4 Å². The monoisotopic (exact) mass is 537 g/mol. The van der Waals surface area contributed by atoms with Crippen molar-refractivity contribution in [3.05, 3.63) is 87.8 Å². The Morgan fingerprint density at radius 3 is 2.31 bits per heavy atom. The van der Waals surface area contributed by atoms with Crippen LogP contribution in [-0.2, 0) is 11.3 Å². The Bertz CT molecular complexity index is 1420. The number of ether oxygens (including phenoxy) is 2. The molecule has 8 nitrogen and oxygen atoms in total. The Morgan fingerprint density at radius 2 is 1.69 bits per heavy atom. The quantitative estimate of drug-likeness (QED) is 0.444. The summed E-state index contributed by atoms with van der Waals surface area (Å²) in [6, 6.07) is 13.3. The topological polar surface area (TPSA) is 89.9 Å². The van der Waals surface area contributed by atoms with E-state index in [1.807, 2.05) is 18.2 Å². The number of carbonyl (C=O) groups excluding carboxylic acids is 2. The Morgan fingerprint density at radius 1 is 1.03 bits per heavy atom. The molecule has 2 heterocycles. The number of nitrogens with one attached hydrogen (secondary N) is 1. The summed E-state index contributed by atoms with van der Waals surface area (Å²) in [5.41, 5.74) is 1.73. The molecule has 0 bridgehead atoms. The number of nitrogens with zero attached hydrogens (tertiary/aromatic N) is 2. The van der Waals surface area contributed by atoms with Crippen LogP contribution >= 0.6 is 0 Å². The first-order valence-corrected chi connectivity index (χ1v) is 12.8. The second kappa shape index (κ2) is 10.9. The molecular formula is C29H29F2N3O5. The van der Waals surface area contributed by atoms with Crippen molar-refractivity contribution in [2.24, 2.45) is 5.92 Å². The number of alkyl halides is 2. The fraction of sp³-hybridized carbons (Fsp3) is 0.345. The first kappa shape index (κ1) is 26.4. The maximum Gasteiger partial charge on any atom is 0.387 e. The number of halogens is 2. The van der Waals surface area contributed by atoms with Gasteiger partial charge in [0.15, 0.2) is 0 Å². The average molecular weight is 538 g/mol. The van der Waals surface area contributed by atoms with Crippen molar-refractivity contribution in [2.45, 2.75) is 44.9 Å². The molecule has 204 valence electrons. The Hall–Kier alpha value is -4.21. The normalized spacial score (nSPS) is 18.9. The smallest absolute Gasteiger partial charge is 0.387 e. The van der Waals surface area contributed by atoms with Gasteiger partial charge in [-0.15, -0.1) is 0 Å². The van der Waals surface area contributed by atoms with Crippen molar-refractivity contribution in [3.8, 4) is 11.5 Å². The highest BCUT2D eigenvalue weighted by molar-refractivity contribution is 6.05. The minimum Gasteiger partial charge on any atom is -0.497 e. The maximum absolute atomic E-state index is 13.8. The number of pyridine rings is 1. The van der Waals surface area contributed by atoms with Gasteiger partial charge in [-0.2, -0.15) is 8.78 Å². The van der Waals surface area contributed by atoms with Gasteiger partial charge in [0.05, 0.1) is 7.11 Å². The molecule has 10 heteroatoms. The summed E-state index contributed by atoms with van der Waals surface area (Å²) in [7, 11) is 1.56. The maximum atomic E-state index is 13.8. The number of amides is 2. The van der Waals surface area contributed by atoms with Crippen molar-refractivity contribution >= 4 is 17.5 Å². The molecule has 1 unspecified atom stereocenters. The van der Waals surface area contributed by atoms with Crippen LogP contribution in [0.15, 0.2) is 65.6 Å². The van der Waals surface area contributed by atoms with Crippen molar-refractivity contribution in [1.29, 1.82) is 0 Å². The molecule has 2 aromatic carbocycles. The molecule has 1 saturated heterocycles. The second-order valence-corrected chi connectivity index (χ2v) is 9.93. The zero-order valence-corrected chi connectivity index (χ0v) is 21.6. The highest BCUT2D eigenvalue weighted by Crippen LogP contribution is 2.34. The lowest BCUT2D eigenvalue weighted by molar-refractivity contribution is -0.118. The van der Waals surface area contributed by atoms with E-state index >= 15 is 0 Å². The molecule has 2 amide bonds. The number of carbonyl (C=O) groups is 2. The largest absolute Gasteiger partial charge is 0.497 e. The van der Waals surface area contributed by atoms with Crippen LogP contribution in [0, 0.1) is 12.8 Å². The molecule has 39 heavy (non-hydrogen) atoms. The van der Waals surface area contributed by atoms with Gasteiger partial charge in [-0.3, -0.25) is 14.4 Å². The number of hydrogen-bond acceptors (Lipinski definition) is 5. The third-order valence-electron chi connectivity index (χ3n) is 7.25. The highest BCUT2D eigenvalue weighted by Gasteiger charge is 2.44. The van der Waals surface area contributed by atoms with E-state index in [4.69, 9.17) is 4.74 Å². The molecule has 0 spiro atoms. The lowest BCUT2D eigenvalue weighted by atomic mass is 9.93. The third kappa shape index (κ3) is 5.64. The summed E-state index contributed by atoms with van der Waals surface area (Å²) in [6.45, 7) is -0.377. The summed E-state index contributed by atoms with van der Waals surface area (Å²) >= 11 is 0. The summed E-state index contributed by atoms with van der Waals surface area (Å²) in [6.07, 6.45) is 3.93. The van der Waals surface area contributed by atoms with E-state index in [1.54, 1.807) is 36.9 Å². The zero-order valence-electron chi connectivity index (χ0n) is 21.6. The first-order chi connectivity index (χ1) is 18.7. The van der Waals surface area contributed by atoms with Gasteiger partial charge < -0.3 is 24.3 Å². The molecule has 1 N–H and O–H groups in total. The van der Waals surface area contributed by atoms with Crippen molar-refractivity contribution < 1.29 is 27.8 Å². The molecule has 3 aromatic rings. The van der Waals surface area contributed by atoms with E-state index in [9.17, 15) is 23.2 Å². The van der Waals surface area contributed by atoms with Gasteiger partial charge in [-0.1, -0.05) is 12.1 Å². The molecule has 5 rings (SSSR count). The van der Waals surface area contributed by atoms with Gasteiger partial charge in [-0.25, -0.2) is 0 Å². The van der Waals surface area contributed by atoms with Crippen LogP contribution in [0.4, 0.5) is 14.5 Å². The Labute approximate surface area is 224 Å². The highest BCUT2D eigenvalue weighted by atomic mass is 19.3. The number of aryl methyl sites for hydroxylation is 1. The zero-order chi connectivity index (χ0) is 27.7. The van der Waals surface area contributed by atoms with Gasteiger partial charge in [0.1, 0.15) is 23.2 Å². The number of hydrogen-bond donors (Lipinski definition) is 1. The molecule has 1 saturated carbocycles. The molecule has 1 aliphatic carbocycles. The summed E-state index contributed by atoms with van der Waals surface area (Å²) in [5.74, 6) is -0.357. The lowest BCUT2D eigenvalue weighted by Gasteiger charge is -2.20. The predicted octanol–water partition coefficient (Wildman–Crippen LogP) is 4.11.